The largest absolute Gasteiger partial charge is 0.459 e. The lowest BCUT2D eigenvalue weighted by atomic mass is 10.0. The number of aromatic nitrogens is 2. The van der Waals surface area contributed by atoms with Crippen molar-refractivity contribution in [2.24, 2.45) is 0 Å². The molecule has 1 amide bonds. The molecule has 1 aromatic carbocycles. The van der Waals surface area contributed by atoms with Crippen molar-refractivity contribution in [2.75, 3.05) is 18.4 Å². The molecule has 0 unspecified atom stereocenters. The Labute approximate surface area is 176 Å². The Morgan fingerprint density at radius 1 is 1.17 bits per heavy atom. The fourth-order valence-corrected chi connectivity index (χ4v) is 4.72. The summed E-state index contributed by atoms with van der Waals surface area (Å²) in [6, 6.07) is 10.1. The second-order valence-corrected chi connectivity index (χ2v) is 8.10. The van der Waals surface area contributed by atoms with Crippen LogP contribution in [0, 0.1) is 5.82 Å². The summed E-state index contributed by atoms with van der Waals surface area (Å²) in [5.74, 6) is 0.820. The minimum atomic E-state index is -0.260. The maximum absolute atomic E-state index is 13.3. The lowest BCUT2D eigenvalue weighted by molar-refractivity contribution is 0.0686. The lowest BCUT2D eigenvalue weighted by Crippen LogP contribution is -2.42. The SMILES string of the molecule is O=C(c1ccco1)N1CCC(Nc2ncnc3scc(-c4ccc(F)cc4)c23)CC1. The molecule has 0 radical (unpaired) electrons. The summed E-state index contributed by atoms with van der Waals surface area (Å²) in [6.45, 7) is 1.31. The number of nitrogens with one attached hydrogen (secondary N) is 1. The molecule has 0 aliphatic carbocycles. The number of nitrogens with zero attached hydrogens (tertiary/aromatic N) is 3. The average Bonchev–Trinajstić information content (AvgIpc) is 3.45. The van der Waals surface area contributed by atoms with Gasteiger partial charge in [-0.1, -0.05) is 12.1 Å². The first-order valence-corrected chi connectivity index (χ1v) is 10.6. The number of anilines is 1. The van der Waals surface area contributed by atoms with E-state index in [2.05, 4.69) is 15.3 Å². The number of halogens is 1. The molecule has 4 aromatic rings. The highest BCUT2D eigenvalue weighted by Gasteiger charge is 2.26. The Bertz CT molecular complexity index is 1170. The highest BCUT2D eigenvalue weighted by atomic mass is 32.1. The number of piperidine rings is 1. The molecular formula is C22H19FN4O2S. The lowest BCUT2D eigenvalue weighted by Gasteiger charge is -2.32. The van der Waals surface area contributed by atoms with Crippen molar-refractivity contribution < 1.29 is 13.6 Å². The first-order valence-electron chi connectivity index (χ1n) is 9.76. The molecule has 1 fully saturated rings. The van der Waals surface area contributed by atoms with Gasteiger partial charge in [0.2, 0.25) is 0 Å². The summed E-state index contributed by atoms with van der Waals surface area (Å²) in [7, 11) is 0. The van der Waals surface area contributed by atoms with E-state index in [1.54, 1.807) is 41.9 Å². The van der Waals surface area contributed by atoms with E-state index in [-0.39, 0.29) is 17.8 Å². The van der Waals surface area contributed by atoms with E-state index in [9.17, 15) is 9.18 Å². The van der Waals surface area contributed by atoms with Crippen molar-refractivity contribution in [3.05, 3.63) is 65.9 Å². The number of rotatable bonds is 4. The number of furan rings is 1. The van der Waals surface area contributed by atoms with Gasteiger partial charge in [-0.05, 0) is 42.7 Å². The molecular weight excluding hydrogens is 403 g/mol. The molecule has 152 valence electrons. The third-order valence-corrected chi connectivity index (χ3v) is 6.27. The molecule has 6 nitrogen and oxygen atoms in total. The molecule has 0 spiro atoms. The summed E-state index contributed by atoms with van der Waals surface area (Å²) < 4.78 is 18.6. The fourth-order valence-electron chi connectivity index (χ4n) is 3.80. The van der Waals surface area contributed by atoms with Crippen molar-refractivity contribution >= 4 is 33.3 Å². The predicted octanol–water partition coefficient (Wildman–Crippen LogP) is 4.81. The predicted molar refractivity (Wildman–Crippen MR) is 114 cm³/mol. The van der Waals surface area contributed by atoms with E-state index < -0.39 is 0 Å². The van der Waals surface area contributed by atoms with Crippen LogP contribution in [0.2, 0.25) is 0 Å². The standard InChI is InChI=1S/C22H19FN4O2S/c23-15-5-3-14(4-6-15)17-12-30-21-19(17)20(24-13-25-21)26-16-7-9-27(10-8-16)22(28)18-2-1-11-29-18/h1-6,11-13,16H,7-10H2,(H,24,25,26). The van der Waals surface area contributed by atoms with Crippen LogP contribution in [0.1, 0.15) is 23.4 Å². The minimum Gasteiger partial charge on any atom is -0.459 e. The first-order chi connectivity index (χ1) is 14.7. The molecule has 1 N–H and O–H groups in total. The Morgan fingerprint density at radius 2 is 1.97 bits per heavy atom. The molecule has 8 heteroatoms. The van der Waals surface area contributed by atoms with Gasteiger partial charge < -0.3 is 14.6 Å². The number of hydrogen-bond acceptors (Lipinski definition) is 6. The number of benzene rings is 1. The average molecular weight is 422 g/mol. The zero-order valence-electron chi connectivity index (χ0n) is 16.0. The van der Waals surface area contributed by atoms with Gasteiger partial charge in [0.05, 0.1) is 11.6 Å². The number of likely N-dealkylation sites (tertiary alicyclic amines) is 1. The van der Waals surface area contributed by atoms with Crippen LogP contribution in [-0.4, -0.2) is 39.9 Å². The second-order valence-electron chi connectivity index (χ2n) is 7.25. The van der Waals surface area contributed by atoms with Crippen LogP contribution in [0.25, 0.3) is 21.3 Å². The van der Waals surface area contributed by atoms with E-state index in [0.717, 1.165) is 40.0 Å². The Morgan fingerprint density at radius 3 is 2.70 bits per heavy atom. The highest BCUT2D eigenvalue weighted by Crippen LogP contribution is 2.37. The summed E-state index contributed by atoms with van der Waals surface area (Å²) >= 11 is 1.54. The third-order valence-electron chi connectivity index (χ3n) is 5.38. The number of amides is 1. The van der Waals surface area contributed by atoms with Gasteiger partial charge in [-0.3, -0.25) is 4.79 Å². The Hall–Kier alpha value is -3.26. The number of hydrogen-bond donors (Lipinski definition) is 1. The molecule has 4 heterocycles. The summed E-state index contributed by atoms with van der Waals surface area (Å²) in [6.07, 6.45) is 4.70. The molecule has 0 bridgehead atoms. The normalized spacial score (nSPS) is 14.9. The maximum Gasteiger partial charge on any atom is 0.289 e. The van der Waals surface area contributed by atoms with Crippen molar-refractivity contribution in [3.8, 4) is 11.1 Å². The van der Waals surface area contributed by atoms with E-state index in [0.29, 0.717) is 18.8 Å². The van der Waals surface area contributed by atoms with Crippen LogP contribution in [-0.2, 0) is 0 Å². The highest BCUT2D eigenvalue weighted by molar-refractivity contribution is 7.17. The molecule has 0 atom stereocenters. The first kappa shape index (κ1) is 18.7. The van der Waals surface area contributed by atoms with Crippen LogP contribution in [0.5, 0.6) is 0 Å². The number of carbonyl (C=O) groups excluding carboxylic acids is 1. The zero-order chi connectivity index (χ0) is 20.5. The molecule has 1 aliphatic rings. The van der Waals surface area contributed by atoms with Gasteiger partial charge in [0, 0.05) is 30.1 Å². The zero-order valence-corrected chi connectivity index (χ0v) is 16.9. The molecule has 1 aliphatic heterocycles. The molecule has 30 heavy (non-hydrogen) atoms. The minimum absolute atomic E-state index is 0.0701. The van der Waals surface area contributed by atoms with Gasteiger partial charge in [-0.25, -0.2) is 14.4 Å². The van der Waals surface area contributed by atoms with Crippen molar-refractivity contribution in [2.45, 2.75) is 18.9 Å². The Kier molecular flexibility index (Phi) is 4.92. The van der Waals surface area contributed by atoms with Crippen LogP contribution < -0.4 is 5.32 Å². The van der Waals surface area contributed by atoms with Gasteiger partial charge in [0.25, 0.3) is 5.91 Å². The maximum atomic E-state index is 13.3. The van der Waals surface area contributed by atoms with Crippen molar-refractivity contribution in [1.29, 1.82) is 0 Å². The number of thiophene rings is 1. The van der Waals surface area contributed by atoms with Crippen LogP contribution in [0.15, 0.2) is 58.8 Å². The molecule has 3 aromatic heterocycles. The topological polar surface area (TPSA) is 71.3 Å². The smallest absolute Gasteiger partial charge is 0.289 e. The van der Waals surface area contributed by atoms with Crippen LogP contribution in [0.3, 0.4) is 0 Å². The summed E-state index contributed by atoms with van der Waals surface area (Å²) in [5.41, 5.74) is 1.92. The second kappa shape index (κ2) is 7.87. The van der Waals surface area contributed by atoms with Crippen LogP contribution >= 0.6 is 11.3 Å². The monoisotopic (exact) mass is 422 g/mol. The van der Waals surface area contributed by atoms with Gasteiger partial charge in [0.15, 0.2) is 5.76 Å². The summed E-state index contributed by atoms with van der Waals surface area (Å²) in [4.78, 5) is 24.0. The molecule has 0 saturated carbocycles. The van der Waals surface area contributed by atoms with Gasteiger partial charge in [-0.2, -0.15) is 0 Å². The molecule has 5 rings (SSSR count). The third kappa shape index (κ3) is 3.54. The fraction of sp³-hybridized carbons (Fsp3) is 0.227. The van der Waals surface area contributed by atoms with Gasteiger partial charge in [0.1, 0.15) is 22.8 Å². The van der Waals surface area contributed by atoms with Crippen molar-refractivity contribution in [1.82, 2.24) is 14.9 Å². The number of fused-ring (bicyclic) bond motifs is 1. The van der Waals surface area contributed by atoms with Gasteiger partial charge in [-0.15, -0.1) is 11.3 Å². The van der Waals surface area contributed by atoms with Crippen molar-refractivity contribution in [3.63, 3.8) is 0 Å². The quantitative estimate of drug-likeness (QED) is 0.511. The van der Waals surface area contributed by atoms with E-state index >= 15 is 0 Å². The number of carbonyl (C=O) groups is 1. The van der Waals surface area contributed by atoms with E-state index in [1.165, 1.54) is 18.4 Å². The summed E-state index contributed by atoms with van der Waals surface area (Å²) in [5, 5.41) is 6.52. The molecule has 1 saturated heterocycles. The van der Waals surface area contributed by atoms with Gasteiger partial charge >= 0.3 is 0 Å². The van der Waals surface area contributed by atoms with Crippen LogP contribution in [0.4, 0.5) is 10.2 Å². The Balaban J connectivity index is 1.34. The van der Waals surface area contributed by atoms with E-state index in [4.69, 9.17) is 4.42 Å². The van der Waals surface area contributed by atoms with E-state index in [1.807, 2.05) is 10.3 Å².